The zero-order chi connectivity index (χ0) is 12.3. The summed E-state index contributed by atoms with van der Waals surface area (Å²) in [4.78, 5) is 0. The third-order valence-electron chi connectivity index (χ3n) is 2.91. The van der Waals surface area contributed by atoms with Crippen molar-refractivity contribution in [1.29, 1.82) is 0 Å². The van der Waals surface area contributed by atoms with E-state index >= 15 is 0 Å². The summed E-state index contributed by atoms with van der Waals surface area (Å²) in [6.07, 6.45) is -1.08. The van der Waals surface area contributed by atoms with Gasteiger partial charge in [0.25, 0.3) is 0 Å². The van der Waals surface area contributed by atoms with Gasteiger partial charge in [0.1, 0.15) is 6.17 Å². The van der Waals surface area contributed by atoms with Gasteiger partial charge in [0.2, 0.25) is 0 Å². The van der Waals surface area contributed by atoms with Crippen LogP contribution in [-0.2, 0) is 0 Å². The van der Waals surface area contributed by atoms with Gasteiger partial charge in [-0.15, -0.1) is 0 Å². The fourth-order valence-electron chi connectivity index (χ4n) is 1.93. The van der Waals surface area contributed by atoms with E-state index < -0.39 is 6.17 Å². The monoisotopic (exact) mass is 229 g/mol. The normalized spacial score (nSPS) is 12.4. The number of aryl methyl sites for hydroxylation is 1. The lowest BCUT2D eigenvalue weighted by atomic mass is 9.98. The van der Waals surface area contributed by atoms with Crippen LogP contribution in [0.1, 0.15) is 17.3 Å². The van der Waals surface area contributed by atoms with Gasteiger partial charge in [-0.1, -0.05) is 42.5 Å². The van der Waals surface area contributed by atoms with Gasteiger partial charge in [0.05, 0.1) is 0 Å². The molecule has 0 aliphatic rings. The molecule has 0 saturated carbocycles. The number of hydrogen-bond donors (Lipinski definition) is 1. The fourth-order valence-corrected chi connectivity index (χ4v) is 1.93. The number of alkyl halides is 1. The van der Waals surface area contributed by atoms with Crippen LogP contribution in [0.5, 0.6) is 0 Å². The van der Waals surface area contributed by atoms with Crippen molar-refractivity contribution in [2.24, 2.45) is 5.73 Å². The van der Waals surface area contributed by atoms with Crippen molar-refractivity contribution in [1.82, 2.24) is 0 Å². The molecule has 1 atom stereocenters. The zero-order valence-corrected chi connectivity index (χ0v) is 9.86. The Kier molecular flexibility index (Phi) is 3.55. The van der Waals surface area contributed by atoms with Gasteiger partial charge in [-0.2, -0.15) is 0 Å². The second-order valence-corrected chi connectivity index (χ2v) is 4.14. The molecule has 0 radical (unpaired) electrons. The maximum atomic E-state index is 13.5. The second kappa shape index (κ2) is 5.11. The summed E-state index contributed by atoms with van der Waals surface area (Å²) in [5.74, 6) is 0. The molecular weight excluding hydrogens is 213 g/mol. The fraction of sp³-hybridized carbons (Fsp3) is 0.200. The molecule has 0 amide bonds. The summed E-state index contributed by atoms with van der Waals surface area (Å²) >= 11 is 0. The summed E-state index contributed by atoms with van der Waals surface area (Å²) in [6, 6.07) is 15.6. The van der Waals surface area contributed by atoms with Crippen molar-refractivity contribution in [2.45, 2.75) is 13.1 Å². The molecule has 2 heteroatoms. The average Bonchev–Trinajstić information content (AvgIpc) is 2.38. The van der Waals surface area contributed by atoms with Crippen LogP contribution in [-0.4, -0.2) is 6.54 Å². The molecule has 2 N–H and O–H groups in total. The summed E-state index contributed by atoms with van der Waals surface area (Å²) in [5, 5.41) is 0. The lowest BCUT2D eigenvalue weighted by Gasteiger charge is -2.10. The molecule has 2 rings (SSSR count). The molecule has 1 nitrogen and oxygen atoms in total. The van der Waals surface area contributed by atoms with Gasteiger partial charge in [0.15, 0.2) is 0 Å². The Hall–Kier alpha value is -1.67. The van der Waals surface area contributed by atoms with Crippen LogP contribution in [0.2, 0.25) is 0 Å². The summed E-state index contributed by atoms with van der Waals surface area (Å²) < 4.78 is 13.5. The SMILES string of the molecule is Cc1ccccc1-c1cccc(C(F)CN)c1. The van der Waals surface area contributed by atoms with E-state index in [4.69, 9.17) is 5.73 Å². The highest BCUT2D eigenvalue weighted by molar-refractivity contribution is 5.67. The first-order valence-corrected chi connectivity index (χ1v) is 5.72. The highest BCUT2D eigenvalue weighted by atomic mass is 19.1. The molecule has 0 saturated heterocycles. The van der Waals surface area contributed by atoms with Crippen LogP contribution in [0.4, 0.5) is 4.39 Å². The van der Waals surface area contributed by atoms with Gasteiger partial charge < -0.3 is 5.73 Å². The minimum Gasteiger partial charge on any atom is -0.327 e. The molecular formula is C15H16FN. The minimum absolute atomic E-state index is 0.0250. The van der Waals surface area contributed by atoms with Crippen molar-refractivity contribution in [2.75, 3.05) is 6.54 Å². The maximum Gasteiger partial charge on any atom is 0.137 e. The number of rotatable bonds is 3. The highest BCUT2D eigenvalue weighted by Crippen LogP contribution is 2.26. The molecule has 1 unspecified atom stereocenters. The summed E-state index contributed by atoms with van der Waals surface area (Å²) in [7, 11) is 0. The van der Waals surface area contributed by atoms with E-state index in [1.165, 1.54) is 5.56 Å². The molecule has 2 aromatic carbocycles. The van der Waals surface area contributed by atoms with Crippen molar-refractivity contribution in [3.63, 3.8) is 0 Å². The Labute approximate surface area is 101 Å². The van der Waals surface area contributed by atoms with Gasteiger partial charge in [-0.25, -0.2) is 4.39 Å². The van der Waals surface area contributed by atoms with E-state index in [9.17, 15) is 4.39 Å². The third kappa shape index (κ3) is 2.53. The van der Waals surface area contributed by atoms with Crippen molar-refractivity contribution >= 4 is 0 Å². The Balaban J connectivity index is 2.43. The third-order valence-corrected chi connectivity index (χ3v) is 2.91. The zero-order valence-electron chi connectivity index (χ0n) is 9.86. The first kappa shape index (κ1) is 11.8. The second-order valence-electron chi connectivity index (χ2n) is 4.14. The van der Waals surface area contributed by atoms with E-state index in [1.807, 2.05) is 36.4 Å². The first-order valence-electron chi connectivity index (χ1n) is 5.72. The Morgan fingerprint density at radius 3 is 2.59 bits per heavy atom. The highest BCUT2D eigenvalue weighted by Gasteiger charge is 2.08. The molecule has 0 aliphatic carbocycles. The number of hydrogen-bond acceptors (Lipinski definition) is 1. The summed E-state index contributed by atoms with van der Waals surface area (Å²) in [5.41, 5.74) is 9.36. The topological polar surface area (TPSA) is 26.0 Å². The van der Waals surface area contributed by atoms with Crippen molar-refractivity contribution in [3.8, 4) is 11.1 Å². The lowest BCUT2D eigenvalue weighted by Crippen LogP contribution is -2.07. The molecule has 0 bridgehead atoms. The largest absolute Gasteiger partial charge is 0.327 e. The predicted molar refractivity (Wildman–Crippen MR) is 69.5 cm³/mol. The van der Waals surface area contributed by atoms with Gasteiger partial charge in [-0.05, 0) is 35.2 Å². The molecule has 2 aromatic rings. The van der Waals surface area contributed by atoms with Crippen LogP contribution in [0.15, 0.2) is 48.5 Å². The number of nitrogens with two attached hydrogens (primary N) is 1. The van der Waals surface area contributed by atoms with Gasteiger partial charge in [-0.3, -0.25) is 0 Å². The quantitative estimate of drug-likeness (QED) is 0.854. The molecule has 88 valence electrons. The van der Waals surface area contributed by atoms with Gasteiger partial charge >= 0.3 is 0 Å². The predicted octanol–water partition coefficient (Wildman–Crippen LogP) is 3.63. The van der Waals surface area contributed by atoms with Crippen LogP contribution < -0.4 is 5.73 Å². The van der Waals surface area contributed by atoms with Crippen molar-refractivity contribution < 1.29 is 4.39 Å². The first-order chi connectivity index (χ1) is 8.22. The molecule has 0 aromatic heterocycles. The Bertz CT molecular complexity index is 508. The van der Waals surface area contributed by atoms with Crippen molar-refractivity contribution in [3.05, 3.63) is 59.7 Å². The average molecular weight is 229 g/mol. The maximum absolute atomic E-state index is 13.5. The van der Waals surface area contributed by atoms with E-state index in [0.29, 0.717) is 5.56 Å². The van der Waals surface area contributed by atoms with Crippen LogP contribution in [0.25, 0.3) is 11.1 Å². The molecule has 0 spiro atoms. The van der Waals surface area contributed by atoms with Crippen LogP contribution >= 0.6 is 0 Å². The van der Waals surface area contributed by atoms with E-state index in [1.54, 1.807) is 6.07 Å². The van der Waals surface area contributed by atoms with Gasteiger partial charge in [0, 0.05) is 6.54 Å². The van der Waals surface area contributed by atoms with Crippen LogP contribution in [0, 0.1) is 6.92 Å². The molecule has 0 heterocycles. The Morgan fingerprint density at radius 1 is 1.12 bits per heavy atom. The molecule has 17 heavy (non-hydrogen) atoms. The smallest absolute Gasteiger partial charge is 0.137 e. The Morgan fingerprint density at radius 2 is 1.88 bits per heavy atom. The summed E-state index contributed by atoms with van der Waals surface area (Å²) in [6.45, 7) is 2.08. The number of benzene rings is 2. The van der Waals surface area contributed by atoms with Crippen LogP contribution in [0.3, 0.4) is 0 Å². The molecule has 0 aliphatic heterocycles. The lowest BCUT2D eigenvalue weighted by molar-refractivity contribution is 0.353. The minimum atomic E-state index is -1.08. The van der Waals surface area contributed by atoms with E-state index in [2.05, 4.69) is 13.0 Å². The van der Waals surface area contributed by atoms with E-state index in [0.717, 1.165) is 11.1 Å². The number of halogens is 1. The van der Waals surface area contributed by atoms with E-state index in [-0.39, 0.29) is 6.54 Å². The molecule has 0 fully saturated rings. The standard InChI is InChI=1S/C15H16FN/c1-11-5-2-3-8-14(11)12-6-4-7-13(9-12)15(16)10-17/h2-9,15H,10,17H2,1H3.